The first-order valence-corrected chi connectivity index (χ1v) is 9.17. The Morgan fingerprint density at radius 3 is 2.74 bits per heavy atom. The van der Waals surface area contributed by atoms with Gasteiger partial charge in [-0.05, 0) is 50.3 Å². The van der Waals surface area contributed by atoms with Crippen molar-refractivity contribution in [2.75, 3.05) is 0 Å². The number of ether oxygens (including phenoxy) is 1. The largest absolute Gasteiger partial charge is 0.548 e. The zero-order valence-electron chi connectivity index (χ0n) is 15.4. The number of aliphatic carboxylic acids is 1. The lowest BCUT2D eigenvalue weighted by Crippen LogP contribution is -2.51. The van der Waals surface area contributed by atoms with Crippen LogP contribution in [0.3, 0.4) is 0 Å². The van der Waals surface area contributed by atoms with Crippen LogP contribution in [0.2, 0.25) is 0 Å². The van der Waals surface area contributed by atoms with Crippen LogP contribution in [-0.2, 0) is 22.4 Å². The molecule has 27 heavy (non-hydrogen) atoms. The summed E-state index contributed by atoms with van der Waals surface area (Å²) in [6.07, 6.45) is 2.49. The van der Waals surface area contributed by atoms with Gasteiger partial charge in [-0.2, -0.15) is 0 Å². The molecule has 1 amide bonds. The van der Waals surface area contributed by atoms with Gasteiger partial charge in [-0.1, -0.05) is 13.3 Å². The summed E-state index contributed by atoms with van der Waals surface area (Å²) in [5.74, 6) is -1.50. The van der Waals surface area contributed by atoms with E-state index in [1.54, 1.807) is 12.1 Å². The summed E-state index contributed by atoms with van der Waals surface area (Å²) in [4.78, 5) is 35.4. The minimum Gasteiger partial charge on any atom is -0.548 e. The van der Waals surface area contributed by atoms with Crippen LogP contribution in [0.5, 0.6) is 5.75 Å². The molecule has 0 spiro atoms. The van der Waals surface area contributed by atoms with Gasteiger partial charge in [0, 0.05) is 17.0 Å². The van der Waals surface area contributed by atoms with E-state index in [0.29, 0.717) is 17.8 Å². The second-order valence-corrected chi connectivity index (χ2v) is 6.79. The average Bonchev–Trinajstić information content (AvgIpc) is 3.11. The van der Waals surface area contributed by atoms with Gasteiger partial charge >= 0.3 is 5.63 Å². The molecule has 0 unspecified atom stereocenters. The highest BCUT2D eigenvalue weighted by Gasteiger charge is 2.22. The highest BCUT2D eigenvalue weighted by molar-refractivity contribution is 5.86. The molecule has 2 atom stereocenters. The Kier molecular flexibility index (Phi) is 5.48. The number of hydrogen-bond acceptors (Lipinski definition) is 6. The molecule has 0 fully saturated rings. The zero-order chi connectivity index (χ0) is 19.6. The van der Waals surface area contributed by atoms with Gasteiger partial charge in [0.15, 0.2) is 6.10 Å². The van der Waals surface area contributed by atoms with E-state index in [-0.39, 0.29) is 12.0 Å². The first kappa shape index (κ1) is 18.9. The molecule has 7 nitrogen and oxygen atoms in total. The summed E-state index contributed by atoms with van der Waals surface area (Å²) in [6.45, 7) is 3.35. The molecular formula is C20H22NO6-. The van der Waals surface area contributed by atoms with Crippen LogP contribution >= 0.6 is 0 Å². The minimum atomic E-state index is -1.32. The number of carboxylic acid groups (broad SMARTS) is 1. The van der Waals surface area contributed by atoms with Gasteiger partial charge in [-0.15, -0.1) is 0 Å². The molecule has 3 rings (SSSR count). The van der Waals surface area contributed by atoms with Crippen molar-refractivity contribution in [3.8, 4) is 5.75 Å². The maximum Gasteiger partial charge on any atom is 0.339 e. The van der Waals surface area contributed by atoms with E-state index in [1.165, 1.54) is 6.92 Å². The van der Waals surface area contributed by atoms with Crippen molar-refractivity contribution in [2.45, 2.75) is 58.1 Å². The molecule has 0 aliphatic heterocycles. The maximum atomic E-state index is 12.2. The number of amides is 1. The van der Waals surface area contributed by atoms with Crippen LogP contribution in [0, 0.1) is 0 Å². The first-order valence-electron chi connectivity index (χ1n) is 9.17. The predicted molar refractivity (Wildman–Crippen MR) is 96.4 cm³/mol. The van der Waals surface area contributed by atoms with Gasteiger partial charge in [0.05, 0.1) is 12.0 Å². The molecule has 2 aromatic rings. The second-order valence-electron chi connectivity index (χ2n) is 6.79. The van der Waals surface area contributed by atoms with Crippen LogP contribution in [0.4, 0.5) is 0 Å². The van der Waals surface area contributed by atoms with E-state index in [1.807, 2.05) is 13.0 Å². The van der Waals surface area contributed by atoms with Gasteiger partial charge in [0.25, 0.3) is 5.91 Å². The molecule has 0 saturated carbocycles. The third-order valence-electron chi connectivity index (χ3n) is 4.81. The van der Waals surface area contributed by atoms with E-state index in [4.69, 9.17) is 9.15 Å². The normalized spacial score (nSPS) is 15.2. The van der Waals surface area contributed by atoms with Crippen molar-refractivity contribution in [1.82, 2.24) is 5.32 Å². The van der Waals surface area contributed by atoms with Crippen LogP contribution in [0.25, 0.3) is 11.0 Å². The smallest absolute Gasteiger partial charge is 0.339 e. The lowest BCUT2D eigenvalue weighted by atomic mass is 10.1. The molecule has 7 heteroatoms. The molecule has 0 radical (unpaired) electrons. The summed E-state index contributed by atoms with van der Waals surface area (Å²) in [7, 11) is 0. The van der Waals surface area contributed by atoms with Crippen LogP contribution < -0.4 is 20.8 Å². The highest BCUT2D eigenvalue weighted by atomic mass is 16.5. The number of rotatable bonds is 7. The van der Waals surface area contributed by atoms with Crippen molar-refractivity contribution < 1.29 is 23.8 Å². The van der Waals surface area contributed by atoms with Crippen molar-refractivity contribution in [1.29, 1.82) is 0 Å². The predicted octanol–water partition coefficient (Wildman–Crippen LogP) is 1.08. The van der Waals surface area contributed by atoms with E-state index in [9.17, 15) is 19.5 Å². The molecule has 1 N–H and O–H groups in total. The summed E-state index contributed by atoms with van der Waals surface area (Å²) in [5, 5.41) is 14.4. The van der Waals surface area contributed by atoms with Gasteiger partial charge in [-0.3, -0.25) is 4.79 Å². The molecule has 0 bridgehead atoms. The monoisotopic (exact) mass is 372 g/mol. The standard InChI is InChI=1S/C20H23NO6/c1-3-5-16(19(23)24)21-18(22)11(2)26-12-8-9-14-13-6-4-7-15(13)20(25)27-17(14)10-12/h8-11,16H,3-7H2,1-2H3,(H,21,22)(H,23,24)/p-1/t11-,16+/m0/s1. The number of benzene rings is 1. The summed E-state index contributed by atoms with van der Waals surface area (Å²) < 4.78 is 11.0. The lowest BCUT2D eigenvalue weighted by molar-refractivity contribution is -0.308. The summed E-state index contributed by atoms with van der Waals surface area (Å²) in [6, 6.07) is 4.07. The maximum absolute atomic E-state index is 12.2. The number of hydrogen-bond donors (Lipinski definition) is 1. The average molecular weight is 372 g/mol. The Labute approximate surface area is 156 Å². The van der Waals surface area contributed by atoms with Crippen molar-refractivity contribution in [3.05, 3.63) is 39.7 Å². The second kappa shape index (κ2) is 7.82. The number of fused-ring (bicyclic) bond motifs is 3. The van der Waals surface area contributed by atoms with E-state index in [2.05, 4.69) is 5.32 Å². The van der Waals surface area contributed by atoms with Crippen LogP contribution in [0.15, 0.2) is 27.4 Å². The molecule has 1 aromatic carbocycles. The quantitative estimate of drug-likeness (QED) is 0.729. The van der Waals surface area contributed by atoms with E-state index >= 15 is 0 Å². The van der Waals surface area contributed by atoms with Gasteiger partial charge < -0.3 is 24.4 Å². The molecule has 1 aromatic heterocycles. The molecule has 0 saturated heterocycles. The topological polar surface area (TPSA) is 109 Å². The number of carbonyl (C=O) groups is 2. The van der Waals surface area contributed by atoms with Crippen LogP contribution in [0.1, 0.15) is 44.2 Å². The van der Waals surface area contributed by atoms with Crippen molar-refractivity contribution in [2.24, 2.45) is 0 Å². The van der Waals surface area contributed by atoms with Gasteiger partial charge in [-0.25, -0.2) is 4.79 Å². The Hall–Kier alpha value is -2.83. The molecule has 1 heterocycles. The Morgan fingerprint density at radius 2 is 2.04 bits per heavy atom. The van der Waals surface area contributed by atoms with Crippen molar-refractivity contribution in [3.63, 3.8) is 0 Å². The van der Waals surface area contributed by atoms with Crippen molar-refractivity contribution >= 4 is 22.8 Å². The molecule has 1 aliphatic rings. The molecule has 1 aliphatic carbocycles. The van der Waals surface area contributed by atoms with E-state index < -0.39 is 24.0 Å². The van der Waals surface area contributed by atoms with Crippen LogP contribution in [-0.4, -0.2) is 24.0 Å². The number of carboxylic acids is 1. The minimum absolute atomic E-state index is 0.285. The summed E-state index contributed by atoms with van der Waals surface area (Å²) >= 11 is 0. The third-order valence-corrected chi connectivity index (χ3v) is 4.81. The highest BCUT2D eigenvalue weighted by Crippen LogP contribution is 2.29. The fourth-order valence-electron chi connectivity index (χ4n) is 3.42. The van der Waals surface area contributed by atoms with Gasteiger partial charge in [0.1, 0.15) is 11.3 Å². The summed E-state index contributed by atoms with van der Waals surface area (Å²) in [5.41, 5.74) is 1.86. The zero-order valence-corrected chi connectivity index (χ0v) is 15.4. The van der Waals surface area contributed by atoms with Gasteiger partial charge in [0.2, 0.25) is 0 Å². The fraction of sp³-hybridized carbons (Fsp3) is 0.450. The number of carbonyl (C=O) groups excluding carboxylic acids is 2. The first-order chi connectivity index (χ1) is 12.9. The number of nitrogens with one attached hydrogen (secondary N) is 1. The third kappa shape index (κ3) is 3.97. The van der Waals surface area contributed by atoms with E-state index in [0.717, 1.165) is 35.8 Å². The Bertz CT molecular complexity index is 932. The SMILES string of the molecule is CCC[C@@H](NC(=O)[C@H](C)Oc1ccc2c3c(c(=O)oc2c1)CCC3)C(=O)[O-]. The lowest BCUT2D eigenvalue weighted by Gasteiger charge is -2.22. The molecular weight excluding hydrogens is 350 g/mol. The Morgan fingerprint density at radius 1 is 1.30 bits per heavy atom. The fourth-order valence-corrected chi connectivity index (χ4v) is 3.42. The Balaban J connectivity index is 1.76. The molecule has 144 valence electrons. The number of aryl methyl sites for hydroxylation is 1.